The Labute approximate surface area is 115 Å². The molecule has 0 radical (unpaired) electrons. The van der Waals surface area contributed by atoms with Crippen LogP contribution in [0.25, 0.3) is 0 Å². The molecule has 1 aliphatic carbocycles. The number of carbonyl (C=O) groups excluding carboxylic acids is 1. The van der Waals surface area contributed by atoms with Crippen LogP contribution in [0.4, 0.5) is 0 Å². The summed E-state index contributed by atoms with van der Waals surface area (Å²) < 4.78 is 5.53. The average Bonchev–Trinajstić information content (AvgIpc) is 3.23. The van der Waals surface area contributed by atoms with Crippen molar-refractivity contribution in [1.29, 1.82) is 0 Å². The van der Waals surface area contributed by atoms with Gasteiger partial charge in [0.25, 0.3) is 0 Å². The SMILES string of the molecule is CCN(C(=O)CN1CCC(OCCO)CC1)C1CC1. The molecule has 0 aromatic heterocycles. The van der Waals surface area contributed by atoms with Gasteiger partial charge in [0.05, 0.1) is 25.9 Å². The molecule has 0 atom stereocenters. The normalized spacial score (nSPS) is 21.6. The lowest BCUT2D eigenvalue weighted by atomic mass is 10.1. The van der Waals surface area contributed by atoms with Gasteiger partial charge < -0.3 is 14.7 Å². The van der Waals surface area contributed by atoms with Gasteiger partial charge in [0.2, 0.25) is 5.91 Å². The summed E-state index contributed by atoms with van der Waals surface area (Å²) in [5.41, 5.74) is 0. The summed E-state index contributed by atoms with van der Waals surface area (Å²) in [5, 5.41) is 8.73. The van der Waals surface area contributed by atoms with E-state index in [1.807, 2.05) is 4.90 Å². The number of nitrogens with zero attached hydrogens (tertiary/aromatic N) is 2. The Balaban J connectivity index is 1.68. The summed E-state index contributed by atoms with van der Waals surface area (Å²) in [6.07, 6.45) is 4.53. The standard InChI is InChI=1S/C14H26N2O3/c1-2-16(12-3-4-12)14(18)11-15-7-5-13(6-8-15)19-10-9-17/h12-13,17H,2-11H2,1H3. The van der Waals surface area contributed by atoms with Gasteiger partial charge in [0, 0.05) is 25.7 Å². The second-order valence-corrected chi connectivity index (χ2v) is 5.48. The Kier molecular flexibility index (Phi) is 5.60. The van der Waals surface area contributed by atoms with Crippen LogP contribution in [-0.2, 0) is 9.53 Å². The van der Waals surface area contributed by atoms with Gasteiger partial charge in [0.1, 0.15) is 0 Å². The molecule has 0 spiro atoms. The van der Waals surface area contributed by atoms with Gasteiger partial charge in [-0.05, 0) is 32.6 Å². The van der Waals surface area contributed by atoms with Crippen LogP contribution in [0.2, 0.25) is 0 Å². The van der Waals surface area contributed by atoms with E-state index >= 15 is 0 Å². The second kappa shape index (κ2) is 7.22. The first-order valence-corrected chi connectivity index (χ1v) is 7.49. The molecule has 1 heterocycles. The highest BCUT2D eigenvalue weighted by Crippen LogP contribution is 2.26. The fourth-order valence-corrected chi connectivity index (χ4v) is 2.76. The quantitative estimate of drug-likeness (QED) is 0.731. The zero-order valence-corrected chi connectivity index (χ0v) is 11.9. The number of hydrogen-bond donors (Lipinski definition) is 1. The number of ether oxygens (including phenoxy) is 1. The third-order valence-electron chi connectivity index (χ3n) is 3.99. The van der Waals surface area contributed by atoms with E-state index < -0.39 is 0 Å². The lowest BCUT2D eigenvalue weighted by molar-refractivity contribution is -0.133. The molecular formula is C14H26N2O3. The maximum atomic E-state index is 12.2. The molecular weight excluding hydrogens is 244 g/mol. The fraction of sp³-hybridized carbons (Fsp3) is 0.929. The zero-order valence-electron chi connectivity index (χ0n) is 11.9. The van der Waals surface area contributed by atoms with Gasteiger partial charge >= 0.3 is 0 Å². The number of hydrogen-bond acceptors (Lipinski definition) is 4. The van der Waals surface area contributed by atoms with Crippen LogP contribution >= 0.6 is 0 Å². The van der Waals surface area contributed by atoms with Crippen molar-refractivity contribution in [1.82, 2.24) is 9.80 Å². The summed E-state index contributed by atoms with van der Waals surface area (Å²) in [6.45, 7) is 5.80. The highest BCUT2D eigenvalue weighted by atomic mass is 16.5. The summed E-state index contributed by atoms with van der Waals surface area (Å²) in [5.74, 6) is 0.278. The van der Waals surface area contributed by atoms with Gasteiger partial charge in [-0.1, -0.05) is 0 Å². The molecule has 1 aliphatic heterocycles. The van der Waals surface area contributed by atoms with E-state index in [1.54, 1.807) is 0 Å². The third-order valence-corrected chi connectivity index (χ3v) is 3.99. The Hall–Kier alpha value is -0.650. The van der Waals surface area contributed by atoms with Crippen LogP contribution in [0.3, 0.4) is 0 Å². The van der Waals surface area contributed by atoms with Crippen molar-refractivity contribution in [2.45, 2.75) is 44.8 Å². The molecule has 0 unspecified atom stereocenters. The van der Waals surface area contributed by atoms with Crippen LogP contribution in [0, 0.1) is 0 Å². The molecule has 2 rings (SSSR count). The molecule has 19 heavy (non-hydrogen) atoms. The van der Waals surface area contributed by atoms with E-state index in [4.69, 9.17) is 9.84 Å². The van der Waals surface area contributed by atoms with Crippen molar-refractivity contribution < 1.29 is 14.6 Å². The molecule has 1 saturated heterocycles. The fourth-order valence-electron chi connectivity index (χ4n) is 2.76. The van der Waals surface area contributed by atoms with E-state index in [9.17, 15) is 4.79 Å². The zero-order chi connectivity index (χ0) is 13.7. The molecule has 5 nitrogen and oxygen atoms in total. The number of rotatable bonds is 7. The van der Waals surface area contributed by atoms with Gasteiger partial charge in [-0.3, -0.25) is 9.69 Å². The van der Waals surface area contributed by atoms with Gasteiger partial charge in [-0.2, -0.15) is 0 Å². The van der Waals surface area contributed by atoms with Gasteiger partial charge in [-0.15, -0.1) is 0 Å². The summed E-state index contributed by atoms with van der Waals surface area (Å²) >= 11 is 0. The topological polar surface area (TPSA) is 53.0 Å². The lowest BCUT2D eigenvalue weighted by Gasteiger charge is -2.32. The van der Waals surface area contributed by atoms with Crippen LogP contribution < -0.4 is 0 Å². The maximum absolute atomic E-state index is 12.2. The number of amides is 1. The molecule has 2 fully saturated rings. The minimum atomic E-state index is 0.0888. The molecule has 1 N–H and O–H groups in total. The summed E-state index contributed by atoms with van der Waals surface area (Å²) in [4.78, 5) is 16.4. The van der Waals surface area contributed by atoms with Gasteiger partial charge in [0.15, 0.2) is 0 Å². The van der Waals surface area contributed by atoms with E-state index in [0.717, 1.165) is 32.5 Å². The first-order valence-electron chi connectivity index (χ1n) is 7.49. The van der Waals surface area contributed by atoms with E-state index in [1.165, 1.54) is 12.8 Å². The van der Waals surface area contributed by atoms with Crippen LogP contribution in [0.5, 0.6) is 0 Å². The Bertz CT molecular complexity index is 286. The van der Waals surface area contributed by atoms with Crippen molar-refractivity contribution in [3.05, 3.63) is 0 Å². The van der Waals surface area contributed by atoms with E-state index in [0.29, 0.717) is 19.2 Å². The van der Waals surface area contributed by atoms with E-state index in [2.05, 4.69) is 11.8 Å². The van der Waals surface area contributed by atoms with Gasteiger partial charge in [-0.25, -0.2) is 0 Å². The van der Waals surface area contributed by atoms with Crippen LogP contribution in [-0.4, -0.2) is 72.4 Å². The molecule has 2 aliphatic rings. The highest BCUT2D eigenvalue weighted by Gasteiger charge is 2.32. The monoisotopic (exact) mass is 270 g/mol. The summed E-state index contributed by atoms with van der Waals surface area (Å²) in [6, 6.07) is 0.517. The third kappa shape index (κ3) is 4.44. The highest BCUT2D eigenvalue weighted by molar-refractivity contribution is 5.78. The Morgan fingerprint density at radius 1 is 1.32 bits per heavy atom. The molecule has 0 aromatic carbocycles. The molecule has 110 valence electrons. The first-order chi connectivity index (χ1) is 9.24. The minimum absolute atomic E-state index is 0.0888. The van der Waals surface area contributed by atoms with Crippen molar-refractivity contribution in [3.63, 3.8) is 0 Å². The van der Waals surface area contributed by atoms with Crippen molar-refractivity contribution in [2.75, 3.05) is 39.4 Å². The molecule has 1 saturated carbocycles. The molecule has 1 amide bonds. The lowest BCUT2D eigenvalue weighted by Crippen LogP contribution is -2.45. The number of likely N-dealkylation sites (N-methyl/N-ethyl adjacent to an activating group) is 1. The number of piperidine rings is 1. The number of aliphatic hydroxyl groups is 1. The largest absolute Gasteiger partial charge is 0.394 e. The Morgan fingerprint density at radius 2 is 2.00 bits per heavy atom. The minimum Gasteiger partial charge on any atom is -0.394 e. The van der Waals surface area contributed by atoms with Crippen LogP contribution in [0.1, 0.15) is 32.6 Å². The van der Waals surface area contributed by atoms with Crippen molar-refractivity contribution in [3.8, 4) is 0 Å². The predicted molar refractivity (Wildman–Crippen MR) is 72.9 cm³/mol. The smallest absolute Gasteiger partial charge is 0.236 e. The van der Waals surface area contributed by atoms with Crippen molar-refractivity contribution >= 4 is 5.91 Å². The number of likely N-dealkylation sites (tertiary alicyclic amines) is 1. The average molecular weight is 270 g/mol. The number of aliphatic hydroxyl groups excluding tert-OH is 1. The summed E-state index contributed by atoms with van der Waals surface area (Å²) in [7, 11) is 0. The van der Waals surface area contributed by atoms with E-state index in [-0.39, 0.29) is 18.6 Å². The molecule has 0 aromatic rings. The van der Waals surface area contributed by atoms with Crippen LogP contribution in [0.15, 0.2) is 0 Å². The maximum Gasteiger partial charge on any atom is 0.236 e. The number of carbonyl (C=O) groups is 1. The Morgan fingerprint density at radius 3 is 2.53 bits per heavy atom. The van der Waals surface area contributed by atoms with Crippen molar-refractivity contribution in [2.24, 2.45) is 0 Å². The molecule has 5 heteroatoms. The first kappa shape index (κ1) is 14.8. The predicted octanol–water partition coefficient (Wildman–Crippen LogP) is 0.471. The second-order valence-electron chi connectivity index (χ2n) is 5.48. The molecule has 0 bridgehead atoms.